The van der Waals surface area contributed by atoms with E-state index in [9.17, 15) is 9.59 Å². The van der Waals surface area contributed by atoms with E-state index in [-0.39, 0.29) is 0 Å². The molecular formula is C18H20N4O3. The van der Waals surface area contributed by atoms with Crippen molar-refractivity contribution in [3.8, 4) is 0 Å². The van der Waals surface area contributed by atoms with Gasteiger partial charge in [0.1, 0.15) is 5.56 Å². The summed E-state index contributed by atoms with van der Waals surface area (Å²) in [7, 11) is 0. The minimum absolute atomic E-state index is 0.300. The third-order valence-corrected chi connectivity index (χ3v) is 4.00. The fourth-order valence-corrected chi connectivity index (χ4v) is 2.45. The van der Waals surface area contributed by atoms with E-state index in [1.165, 1.54) is 0 Å². The topological polar surface area (TPSA) is 107 Å². The lowest BCUT2D eigenvalue weighted by molar-refractivity contribution is 0.0526. The predicted octanol–water partition coefficient (Wildman–Crippen LogP) is 2.24. The number of ether oxygens (including phenoxy) is 1. The van der Waals surface area contributed by atoms with Crippen molar-refractivity contribution < 1.29 is 14.3 Å². The highest BCUT2D eigenvalue weighted by Gasteiger charge is 2.27. The molecule has 2 aromatic rings. The van der Waals surface area contributed by atoms with Crippen LogP contribution in [0.2, 0.25) is 0 Å². The molecule has 130 valence electrons. The van der Waals surface area contributed by atoms with E-state index in [0.717, 1.165) is 24.1 Å². The SMILES string of the molecule is CCOC(=O)c1cc(C2CC2)nnc1NCc1ccc(C(N)=O)cc1. The number of nitrogens with zero attached hydrogens (tertiary/aromatic N) is 2. The number of benzene rings is 1. The van der Waals surface area contributed by atoms with E-state index >= 15 is 0 Å². The van der Waals surface area contributed by atoms with Gasteiger partial charge >= 0.3 is 5.97 Å². The minimum Gasteiger partial charge on any atom is -0.462 e. The molecule has 0 radical (unpaired) electrons. The number of primary amides is 1. The lowest BCUT2D eigenvalue weighted by atomic mass is 10.1. The monoisotopic (exact) mass is 340 g/mol. The molecule has 0 saturated heterocycles. The number of carbonyl (C=O) groups excluding carboxylic acids is 2. The van der Waals surface area contributed by atoms with Crippen molar-refractivity contribution in [1.82, 2.24) is 10.2 Å². The molecule has 1 aliphatic carbocycles. The summed E-state index contributed by atoms with van der Waals surface area (Å²) in [6.45, 7) is 2.50. The first-order valence-corrected chi connectivity index (χ1v) is 8.26. The minimum atomic E-state index is -0.467. The van der Waals surface area contributed by atoms with E-state index in [1.807, 2.05) is 0 Å². The van der Waals surface area contributed by atoms with Crippen LogP contribution in [0.15, 0.2) is 30.3 Å². The van der Waals surface area contributed by atoms with Gasteiger partial charge in [-0.1, -0.05) is 12.1 Å². The molecule has 0 unspecified atom stereocenters. The molecular weight excluding hydrogens is 320 g/mol. The molecule has 1 aromatic carbocycles. The molecule has 1 saturated carbocycles. The number of carbonyl (C=O) groups is 2. The number of aromatic nitrogens is 2. The molecule has 1 aromatic heterocycles. The Hall–Kier alpha value is -2.96. The van der Waals surface area contributed by atoms with Crippen molar-refractivity contribution in [2.45, 2.75) is 32.2 Å². The Morgan fingerprint density at radius 1 is 1.24 bits per heavy atom. The maximum Gasteiger partial charge on any atom is 0.342 e. The molecule has 3 N–H and O–H groups in total. The Kier molecular flexibility index (Phi) is 4.92. The summed E-state index contributed by atoms with van der Waals surface area (Å²) in [5, 5.41) is 11.5. The molecule has 1 heterocycles. The summed E-state index contributed by atoms with van der Waals surface area (Å²) < 4.78 is 5.12. The Bertz CT molecular complexity index is 785. The van der Waals surface area contributed by atoms with Gasteiger partial charge in [-0.05, 0) is 43.5 Å². The van der Waals surface area contributed by atoms with Crippen LogP contribution in [0.3, 0.4) is 0 Å². The standard InChI is InChI=1S/C18H20N4O3/c1-2-25-18(24)14-9-15(12-7-8-12)21-22-17(14)20-10-11-3-5-13(6-4-11)16(19)23/h3-6,9,12H,2,7-8,10H2,1H3,(H2,19,23)(H,20,22). The van der Waals surface area contributed by atoms with Crippen LogP contribution in [-0.2, 0) is 11.3 Å². The van der Waals surface area contributed by atoms with Crippen molar-refractivity contribution in [1.29, 1.82) is 0 Å². The van der Waals surface area contributed by atoms with Gasteiger partial charge in [0.25, 0.3) is 0 Å². The number of amides is 1. The predicted molar refractivity (Wildman–Crippen MR) is 92.3 cm³/mol. The lowest BCUT2D eigenvalue weighted by Crippen LogP contribution is -2.14. The van der Waals surface area contributed by atoms with Crippen molar-refractivity contribution >= 4 is 17.7 Å². The fourth-order valence-electron chi connectivity index (χ4n) is 2.45. The molecule has 7 heteroatoms. The smallest absolute Gasteiger partial charge is 0.342 e. The zero-order valence-electron chi connectivity index (χ0n) is 14.0. The first-order valence-electron chi connectivity index (χ1n) is 8.26. The second-order valence-electron chi connectivity index (χ2n) is 5.94. The maximum absolute atomic E-state index is 12.2. The van der Waals surface area contributed by atoms with E-state index < -0.39 is 11.9 Å². The number of anilines is 1. The number of esters is 1. The number of rotatable bonds is 7. The lowest BCUT2D eigenvalue weighted by Gasteiger charge is -2.11. The van der Waals surface area contributed by atoms with Gasteiger partial charge in [0.15, 0.2) is 5.82 Å². The highest BCUT2D eigenvalue weighted by atomic mass is 16.5. The van der Waals surface area contributed by atoms with Crippen LogP contribution in [0.25, 0.3) is 0 Å². The Morgan fingerprint density at radius 3 is 2.56 bits per heavy atom. The van der Waals surface area contributed by atoms with Crippen LogP contribution < -0.4 is 11.1 Å². The first kappa shape index (κ1) is 16.9. The molecule has 0 bridgehead atoms. The molecule has 3 rings (SSSR count). The van der Waals surface area contributed by atoms with E-state index in [1.54, 1.807) is 37.3 Å². The second-order valence-corrected chi connectivity index (χ2v) is 5.94. The van der Waals surface area contributed by atoms with Crippen LogP contribution in [0, 0.1) is 0 Å². The fraction of sp³-hybridized carbons (Fsp3) is 0.333. The summed E-state index contributed by atoms with van der Waals surface area (Å²) in [4.78, 5) is 23.3. The van der Waals surface area contributed by atoms with Crippen molar-refractivity contribution in [3.63, 3.8) is 0 Å². The normalized spacial score (nSPS) is 13.3. The average Bonchev–Trinajstić information content (AvgIpc) is 3.45. The molecule has 1 fully saturated rings. The highest BCUT2D eigenvalue weighted by Crippen LogP contribution is 2.39. The Morgan fingerprint density at radius 2 is 1.96 bits per heavy atom. The first-order chi connectivity index (χ1) is 12.1. The van der Waals surface area contributed by atoms with Gasteiger partial charge in [-0.15, -0.1) is 5.10 Å². The van der Waals surface area contributed by atoms with Crippen molar-refractivity contribution in [2.24, 2.45) is 5.73 Å². The van der Waals surface area contributed by atoms with E-state index in [0.29, 0.717) is 36.0 Å². The average molecular weight is 340 g/mol. The molecule has 1 aliphatic rings. The Balaban J connectivity index is 1.76. The van der Waals surface area contributed by atoms with Gasteiger partial charge in [0, 0.05) is 18.0 Å². The van der Waals surface area contributed by atoms with Crippen LogP contribution in [0.5, 0.6) is 0 Å². The number of hydrogen-bond acceptors (Lipinski definition) is 6. The maximum atomic E-state index is 12.2. The number of nitrogens with two attached hydrogens (primary N) is 1. The van der Waals surface area contributed by atoms with Gasteiger partial charge < -0.3 is 15.8 Å². The molecule has 0 atom stereocenters. The molecule has 7 nitrogen and oxygen atoms in total. The highest BCUT2D eigenvalue weighted by molar-refractivity contribution is 5.94. The molecule has 1 amide bonds. The van der Waals surface area contributed by atoms with E-state index in [4.69, 9.17) is 10.5 Å². The molecule has 0 aliphatic heterocycles. The summed E-state index contributed by atoms with van der Waals surface area (Å²) in [5.74, 6) is -0.0885. The van der Waals surface area contributed by atoms with Gasteiger partial charge in [0.2, 0.25) is 5.91 Å². The second kappa shape index (κ2) is 7.29. The quantitative estimate of drug-likeness (QED) is 0.749. The van der Waals surface area contributed by atoms with Gasteiger partial charge in [-0.3, -0.25) is 4.79 Å². The van der Waals surface area contributed by atoms with Gasteiger partial charge in [-0.25, -0.2) is 4.79 Å². The number of nitrogens with one attached hydrogen (secondary N) is 1. The van der Waals surface area contributed by atoms with E-state index in [2.05, 4.69) is 15.5 Å². The third-order valence-electron chi connectivity index (χ3n) is 4.00. The largest absolute Gasteiger partial charge is 0.462 e. The molecule has 0 spiro atoms. The van der Waals surface area contributed by atoms with Crippen molar-refractivity contribution in [3.05, 3.63) is 52.7 Å². The zero-order valence-corrected chi connectivity index (χ0v) is 14.0. The van der Waals surface area contributed by atoms with Crippen LogP contribution in [0.1, 0.15) is 57.7 Å². The summed E-state index contributed by atoms with van der Waals surface area (Å²) in [5.41, 5.74) is 7.83. The van der Waals surface area contributed by atoms with Crippen LogP contribution >= 0.6 is 0 Å². The molecule has 25 heavy (non-hydrogen) atoms. The third kappa shape index (κ3) is 4.12. The zero-order chi connectivity index (χ0) is 17.8. The van der Waals surface area contributed by atoms with Crippen LogP contribution in [-0.4, -0.2) is 28.7 Å². The van der Waals surface area contributed by atoms with Crippen molar-refractivity contribution in [2.75, 3.05) is 11.9 Å². The number of hydrogen-bond donors (Lipinski definition) is 2. The summed E-state index contributed by atoms with van der Waals surface area (Å²) in [6, 6.07) is 8.67. The Labute approximate surface area is 145 Å². The van der Waals surface area contributed by atoms with Gasteiger partial charge in [0.05, 0.1) is 12.3 Å². The summed E-state index contributed by atoms with van der Waals surface area (Å²) >= 11 is 0. The van der Waals surface area contributed by atoms with Gasteiger partial charge in [-0.2, -0.15) is 5.10 Å². The summed E-state index contributed by atoms with van der Waals surface area (Å²) in [6.07, 6.45) is 2.16. The van der Waals surface area contributed by atoms with Crippen LogP contribution in [0.4, 0.5) is 5.82 Å².